The Bertz CT molecular complexity index is 869. The van der Waals surface area contributed by atoms with E-state index in [1.54, 1.807) is 0 Å². The van der Waals surface area contributed by atoms with Crippen molar-refractivity contribution in [2.75, 3.05) is 0 Å². The number of amides is 1. The average molecular weight is 363 g/mol. The van der Waals surface area contributed by atoms with Crippen molar-refractivity contribution in [2.24, 2.45) is 0 Å². The monoisotopic (exact) mass is 363 g/mol. The normalized spacial score (nSPS) is 11.8. The molecule has 0 radical (unpaired) electrons. The van der Waals surface area contributed by atoms with Crippen LogP contribution in [0.5, 0.6) is 0 Å². The van der Waals surface area contributed by atoms with E-state index in [1.165, 1.54) is 11.8 Å². The number of carbonyl (C=O) groups excluding carboxylic acids is 1. The Morgan fingerprint density at radius 2 is 1.69 bits per heavy atom. The van der Waals surface area contributed by atoms with E-state index in [9.17, 15) is 4.79 Å². The second kappa shape index (κ2) is 8.63. The van der Waals surface area contributed by atoms with Crippen LogP contribution in [0.2, 0.25) is 0 Å². The van der Waals surface area contributed by atoms with Gasteiger partial charge in [0, 0.05) is 12.1 Å². The first-order chi connectivity index (χ1) is 12.6. The maximum Gasteiger partial charge on any atom is 0.233 e. The Morgan fingerprint density at radius 3 is 2.38 bits per heavy atom. The van der Waals surface area contributed by atoms with Gasteiger partial charge in [-0.25, -0.2) is 9.97 Å². The van der Waals surface area contributed by atoms with Gasteiger partial charge in [0.1, 0.15) is 10.9 Å². The largest absolute Gasteiger partial charge is 0.351 e. The predicted octanol–water partition coefficient (Wildman–Crippen LogP) is 4.25. The minimum Gasteiger partial charge on any atom is -0.351 e. The Kier molecular flexibility index (Phi) is 6.02. The summed E-state index contributed by atoms with van der Waals surface area (Å²) in [5.41, 5.74) is 3.00. The third-order valence-corrected chi connectivity index (χ3v) is 4.88. The molecule has 132 valence electrons. The molecule has 0 fully saturated rings. The minimum atomic E-state index is -0.239. The third kappa shape index (κ3) is 4.92. The molecule has 26 heavy (non-hydrogen) atoms. The van der Waals surface area contributed by atoms with E-state index in [-0.39, 0.29) is 11.2 Å². The molecule has 5 heteroatoms. The topological polar surface area (TPSA) is 54.9 Å². The van der Waals surface area contributed by atoms with Gasteiger partial charge in [0.05, 0.1) is 10.9 Å². The average Bonchev–Trinajstić information content (AvgIpc) is 2.67. The van der Waals surface area contributed by atoms with Crippen molar-refractivity contribution in [1.82, 2.24) is 15.3 Å². The number of aromatic nitrogens is 2. The number of hydrogen-bond donors (Lipinski definition) is 1. The number of benzene rings is 2. The van der Waals surface area contributed by atoms with Crippen molar-refractivity contribution in [1.29, 1.82) is 0 Å². The molecule has 0 unspecified atom stereocenters. The lowest BCUT2D eigenvalue weighted by molar-refractivity contribution is -0.120. The van der Waals surface area contributed by atoms with Crippen LogP contribution in [0, 0.1) is 6.92 Å². The number of aryl methyl sites for hydroxylation is 1. The summed E-state index contributed by atoms with van der Waals surface area (Å²) in [5, 5.41) is 3.54. The lowest BCUT2D eigenvalue weighted by Crippen LogP contribution is -2.30. The smallest absolute Gasteiger partial charge is 0.233 e. The zero-order chi connectivity index (χ0) is 18.4. The number of thioether (sulfide) groups is 1. The quantitative estimate of drug-likeness (QED) is 0.525. The standard InChI is InChI=1S/C21H21N3OS/c1-15(21(25)22-14-17-9-5-3-6-10-17)26-20-13-19(23-16(2)24-20)18-11-7-4-8-12-18/h3-13,15H,14H2,1-2H3,(H,22,25)/t15-/m0/s1. The molecular weight excluding hydrogens is 342 g/mol. The molecule has 0 bridgehead atoms. The van der Waals surface area contributed by atoms with Crippen LogP contribution in [0.15, 0.2) is 71.8 Å². The second-order valence-corrected chi connectivity index (χ2v) is 7.33. The SMILES string of the molecule is Cc1nc(S[C@@H](C)C(=O)NCc2ccccc2)cc(-c2ccccc2)n1. The molecule has 0 aliphatic carbocycles. The fourth-order valence-electron chi connectivity index (χ4n) is 2.52. The maximum absolute atomic E-state index is 12.4. The highest BCUT2D eigenvalue weighted by molar-refractivity contribution is 8.00. The van der Waals surface area contributed by atoms with Crippen LogP contribution in [0.4, 0.5) is 0 Å². The first-order valence-corrected chi connectivity index (χ1v) is 9.39. The highest BCUT2D eigenvalue weighted by atomic mass is 32.2. The summed E-state index contributed by atoms with van der Waals surface area (Å²) in [6, 6.07) is 21.8. The summed E-state index contributed by atoms with van der Waals surface area (Å²) in [6.45, 7) is 4.30. The van der Waals surface area contributed by atoms with Gasteiger partial charge in [-0.1, -0.05) is 72.4 Å². The molecule has 0 spiro atoms. The maximum atomic E-state index is 12.4. The van der Waals surface area contributed by atoms with Crippen LogP contribution >= 0.6 is 11.8 Å². The molecule has 0 aliphatic rings. The molecule has 3 aromatic rings. The van der Waals surface area contributed by atoms with Gasteiger partial charge in [-0.3, -0.25) is 4.79 Å². The van der Waals surface area contributed by atoms with E-state index < -0.39 is 0 Å². The van der Waals surface area contributed by atoms with Gasteiger partial charge >= 0.3 is 0 Å². The highest BCUT2D eigenvalue weighted by Crippen LogP contribution is 2.26. The van der Waals surface area contributed by atoms with Crippen molar-refractivity contribution in [3.8, 4) is 11.3 Å². The van der Waals surface area contributed by atoms with E-state index in [1.807, 2.05) is 80.6 Å². The molecule has 0 saturated heterocycles. The molecule has 0 saturated carbocycles. The Hall–Kier alpha value is -2.66. The lowest BCUT2D eigenvalue weighted by Gasteiger charge is -2.12. The first kappa shape index (κ1) is 18.1. The molecule has 2 aromatic carbocycles. The van der Waals surface area contributed by atoms with Crippen LogP contribution < -0.4 is 5.32 Å². The van der Waals surface area contributed by atoms with Crippen LogP contribution in [0.1, 0.15) is 18.3 Å². The van der Waals surface area contributed by atoms with E-state index in [2.05, 4.69) is 15.3 Å². The predicted molar refractivity (Wildman–Crippen MR) is 106 cm³/mol. The first-order valence-electron chi connectivity index (χ1n) is 8.51. The molecule has 1 atom stereocenters. The van der Waals surface area contributed by atoms with Crippen molar-refractivity contribution in [3.05, 3.63) is 78.1 Å². The molecule has 3 rings (SSSR count). The van der Waals surface area contributed by atoms with Gasteiger partial charge in [0.15, 0.2) is 0 Å². The van der Waals surface area contributed by atoms with Gasteiger partial charge in [-0.05, 0) is 25.5 Å². The highest BCUT2D eigenvalue weighted by Gasteiger charge is 2.16. The van der Waals surface area contributed by atoms with Crippen LogP contribution in [-0.2, 0) is 11.3 Å². The molecule has 1 heterocycles. The number of nitrogens with zero attached hydrogens (tertiary/aromatic N) is 2. The van der Waals surface area contributed by atoms with Crippen molar-refractivity contribution in [3.63, 3.8) is 0 Å². The van der Waals surface area contributed by atoms with Gasteiger partial charge in [-0.15, -0.1) is 0 Å². The third-order valence-electron chi connectivity index (χ3n) is 3.86. The zero-order valence-corrected chi connectivity index (χ0v) is 15.7. The number of carbonyl (C=O) groups is 1. The Balaban J connectivity index is 1.66. The zero-order valence-electron chi connectivity index (χ0n) is 14.8. The Labute approximate surface area is 158 Å². The van der Waals surface area contributed by atoms with E-state index in [0.717, 1.165) is 21.8 Å². The summed E-state index contributed by atoms with van der Waals surface area (Å²) in [6.07, 6.45) is 0. The summed E-state index contributed by atoms with van der Waals surface area (Å²) < 4.78 is 0. The Morgan fingerprint density at radius 1 is 1.04 bits per heavy atom. The van der Waals surface area contributed by atoms with Crippen molar-refractivity contribution < 1.29 is 4.79 Å². The number of hydrogen-bond acceptors (Lipinski definition) is 4. The van der Waals surface area contributed by atoms with Gasteiger partial charge in [0.25, 0.3) is 0 Å². The second-order valence-electron chi connectivity index (χ2n) is 5.97. The fourth-order valence-corrected chi connectivity index (χ4v) is 3.44. The van der Waals surface area contributed by atoms with E-state index in [0.29, 0.717) is 12.4 Å². The molecule has 1 amide bonds. The summed E-state index contributed by atoms with van der Waals surface area (Å²) in [4.78, 5) is 21.4. The summed E-state index contributed by atoms with van der Waals surface area (Å²) in [7, 11) is 0. The summed E-state index contributed by atoms with van der Waals surface area (Å²) >= 11 is 1.45. The van der Waals surface area contributed by atoms with Crippen LogP contribution in [-0.4, -0.2) is 21.1 Å². The molecule has 4 nitrogen and oxygen atoms in total. The molecular formula is C21H21N3OS. The molecule has 1 N–H and O–H groups in total. The van der Waals surface area contributed by atoms with Crippen LogP contribution in [0.25, 0.3) is 11.3 Å². The summed E-state index contributed by atoms with van der Waals surface area (Å²) in [5.74, 6) is 0.696. The van der Waals surface area contributed by atoms with Gasteiger partial charge in [0.2, 0.25) is 5.91 Å². The van der Waals surface area contributed by atoms with Crippen molar-refractivity contribution >= 4 is 17.7 Å². The minimum absolute atomic E-state index is 0.00335. The van der Waals surface area contributed by atoms with E-state index in [4.69, 9.17) is 0 Å². The lowest BCUT2D eigenvalue weighted by atomic mass is 10.1. The van der Waals surface area contributed by atoms with Crippen LogP contribution in [0.3, 0.4) is 0 Å². The number of rotatable bonds is 6. The number of nitrogens with one attached hydrogen (secondary N) is 1. The van der Waals surface area contributed by atoms with Gasteiger partial charge < -0.3 is 5.32 Å². The molecule has 0 aliphatic heterocycles. The fraction of sp³-hybridized carbons (Fsp3) is 0.190. The molecule has 1 aromatic heterocycles. The van der Waals surface area contributed by atoms with Crippen molar-refractivity contribution in [2.45, 2.75) is 30.7 Å². The van der Waals surface area contributed by atoms with Gasteiger partial charge in [-0.2, -0.15) is 0 Å². The van der Waals surface area contributed by atoms with E-state index >= 15 is 0 Å².